The largest absolute Gasteiger partial charge is 0.350 e. The molecule has 2 unspecified atom stereocenters. The molecule has 2 rings (SSSR count). The van der Waals surface area contributed by atoms with Gasteiger partial charge in [0.1, 0.15) is 0 Å². The van der Waals surface area contributed by atoms with Crippen LogP contribution in [0.5, 0.6) is 0 Å². The van der Waals surface area contributed by atoms with Gasteiger partial charge in [-0.25, -0.2) is 0 Å². The highest BCUT2D eigenvalue weighted by Gasteiger charge is 2.35. The molecule has 3 heteroatoms. The maximum atomic E-state index is 12.3. The summed E-state index contributed by atoms with van der Waals surface area (Å²) in [5.74, 6) is 1.67. The highest BCUT2D eigenvalue weighted by atomic mass is 79.9. The van der Waals surface area contributed by atoms with E-state index < -0.39 is 0 Å². The van der Waals surface area contributed by atoms with E-state index in [9.17, 15) is 4.79 Å². The molecule has 0 bridgehead atoms. The lowest BCUT2D eigenvalue weighted by atomic mass is 9.77. The Morgan fingerprint density at radius 3 is 2.58 bits per heavy atom. The van der Waals surface area contributed by atoms with Crippen molar-refractivity contribution in [1.29, 1.82) is 0 Å². The Kier molecular flexibility index (Phi) is 5.73. The summed E-state index contributed by atoms with van der Waals surface area (Å²) in [7, 11) is 0. The van der Waals surface area contributed by atoms with Gasteiger partial charge in [-0.1, -0.05) is 55.0 Å². The van der Waals surface area contributed by atoms with Gasteiger partial charge in [-0.15, -0.1) is 0 Å². The fourth-order valence-electron chi connectivity index (χ4n) is 3.93. The lowest BCUT2D eigenvalue weighted by Crippen LogP contribution is -2.52. The van der Waals surface area contributed by atoms with E-state index in [-0.39, 0.29) is 5.54 Å². The Bertz CT molecular complexity index is 301. The second-order valence-corrected chi connectivity index (χ2v) is 7.43. The number of nitrogens with one attached hydrogen (secondary N) is 1. The Morgan fingerprint density at radius 1 is 1.21 bits per heavy atom. The first-order valence-electron chi connectivity index (χ1n) is 8.00. The van der Waals surface area contributed by atoms with E-state index in [2.05, 4.69) is 28.2 Å². The van der Waals surface area contributed by atoms with Gasteiger partial charge in [0.05, 0.1) is 0 Å². The van der Waals surface area contributed by atoms with Crippen LogP contribution in [0.2, 0.25) is 0 Å². The van der Waals surface area contributed by atoms with Crippen LogP contribution in [0.15, 0.2) is 0 Å². The molecule has 2 aliphatic rings. The van der Waals surface area contributed by atoms with E-state index in [1.165, 1.54) is 44.9 Å². The van der Waals surface area contributed by atoms with E-state index in [0.717, 1.165) is 30.5 Å². The van der Waals surface area contributed by atoms with E-state index in [4.69, 9.17) is 0 Å². The molecule has 19 heavy (non-hydrogen) atoms. The minimum absolute atomic E-state index is 0.0312. The first-order chi connectivity index (χ1) is 9.13. The van der Waals surface area contributed by atoms with Crippen LogP contribution in [-0.2, 0) is 4.79 Å². The summed E-state index contributed by atoms with van der Waals surface area (Å²) in [6.45, 7) is 2.31. The highest BCUT2D eigenvalue weighted by molar-refractivity contribution is 9.09. The molecular weight excluding hydrogens is 302 g/mol. The SMILES string of the molecule is CC1CCCC(CBr)(NC(=O)CC2CCCCC2)C1. The van der Waals surface area contributed by atoms with E-state index in [1.807, 2.05) is 0 Å². The molecule has 2 saturated carbocycles. The number of halogens is 1. The summed E-state index contributed by atoms with van der Waals surface area (Å²) in [5.41, 5.74) is 0.0312. The minimum Gasteiger partial charge on any atom is -0.350 e. The van der Waals surface area contributed by atoms with Crippen LogP contribution >= 0.6 is 15.9 Å². The predicted octanol–water partition coefficient (Wildman–Crippen LogP) is 4.42. The lowest BCUT2D eigenvalue weighted by Gasteiger charge is -2.40. The van der Waals surface area contributed by atoms with Gasteiger partial charge in [-0.05, 0) is 37.5 Å². The second-order valence-electron chi connectivity index (χ2n) is 6.87. The molecule has 0 aromatic carbocycles. The molecule has 1 amide bonds. The third-order valence-corrected chi connectivity index (χ3v) is 6.02. The van der Waals surface area contributed by atoms with Crippen LogP contribution in [0.4, 0.5) is 0 Å². The standard InChI is InChI=1S/C16H28BrNO/c1-13-6-5-9-16(11-13,12-17)18-15(19)10-14-7-3-2-4-8-14/h13-14H,2-12H2,1H3,(H,18,19). The Hall–Kier alpha value is -0.0500. The summed E-state index contributed by atoms with van der Waals surface area (Å²) in [4.78, 5) is 12.3. The maximum absolute atomic E-state index is 12.3. The first-order valence-corrected chi connectivity index (χ1v) is 9.13. The Morgan fingerprint density at radius 2 is 1.95 bits per heavy atom. The Labute approximate surface area is 126 Å². The zero-order valence-corrected chi connectivity index (χ0v) is 13.8. The van der Waals surface area contributed by atoms with Crippen molar-refractivity contribution < 1.29 is 4.79 Å². The number of hydrogen-bond acceptors (Lipinski definition) is 1. The molecule has 1 N–H and O–H groups in total. The molecule has 0 radical (unpaired) electrons. The molecule has 0 aromatic rings. The molecule has 2 nitrogen and oxygen atoms in total. The maximum Gasteiger partial charge on any atom is 0.220 e. The average molecular weight is 330 g/mol. The summed E-state index contributed by atoms with van der Waals surface area (Å²) in [6, 6.07) is 0. The van der Waals surface area contributed by atoms with Crippen molar-refractivity contribution >= 4 is 21.8 Å². The van der Waals surface area contributed by atoms with Gasteiger partial charge in [0.2, 0.25) is 5.91 Å². The molecule has 2 fully saturated rings. The van der Waals surface area contributed by atoms with Crippen LogP contribution in [0.3, 0.4) is 0 Å². The fraction of sp³-hybridized carbons (Fsp3) is 0.938. The van der Waals surface area contributed by atoms with E-state index >= 15 is 0 Å². The topological polar surface area (TPSA) is 29.1 Å². The van der Waals surface area contributed by atoms with Crippen molar-refractivity contribution in [2.24, 2.45) is 11.8 Å². The predicted molar refractivity (Wildman–Crippen MR) is 83.5 cm³/mol. The van der Waals surface area contributed by atoms with Crippen molar-refractivity contribution in [3.8, 4) is 0 Å². The van der Waals surface area contributed by atoms with Crippen molar-refractivity contribution in [2.75, 3.05) is 5.33 Å². The van der Waals surface area contributed by atoms with Crippen LogP contribution in [0.25, 0.3) is 0 Å². The lowest BCUT2D eigenvalue weighted by molar-refractivity contribution is -0.124. The van der Waals surface area contributed by atoms with E-state index in [1.54, 1.807) is 0 Å². The fourth-order valence-corrected chi connectivity index (χ4v) is 4.58. The van der Waals surface area contributed by atoms with Gasteiger partial charge in [0.25, 0.3) is 0 Å². The quantitative estimate of drug-likeness (QED) is 0.760. The molecule has 2 aliphatic carbocycles. The monoisotopic (exact) mass is 329 g/mol. The normalized spacial score (nSPS) is 33.1. The number of amides is 1. The van der Waals surface area contributed by atoms with Crippen LogP contribution in [0.1, 0.15) is 71.1 Å². The van der Waals surface area contributed by atoms with Gasteiger partial charge < -0.3 is 5.32 Å². The van der Waals surface area contributed by atoms with Gasteiger partial charge >= 0.3 is 0 Å². The zero-order valence-electron chi connectivity index (χ0n) is 12.2. The van der Waals surface area contributed by atoms with Crippen molar-refractivity contribution in [1.82, 2.24) is 5.32 Å². The molecule has 110 valence electrons. The molecule has 2 atom stereocenters. The summed E-state index contributed by atoms with van der Waals surface area (Å²) in [6.07, 6.45) is 12.1. The first kappa shape index (κ1) is 15.3. The third-order valence-electron chi connectivity index (χ3n) is 4.95. The van der Waals surface area contributed by atoms with Gasteiger partial charge in [0, 0.05) is 17.3 Å². The number of carbonyl (C=O) groups excluding carboxylic acids is 1. The van der Waals surface area contributed by atoms with Gasteiger partial charge in [-0.3, -0.25) is 4.79 Å². The van der Waals surface area contributed by atoms with Crippen LogP contribution in [0, 0.1) is 11.8 Å². The van der Waals surface area contributed by atoms with Crippen molar-refractivity contribution in [3.05, 3.63) is 0 Å². The zero-order chi connectivity index (χ0) is 13.7. The summed E-state index contributed by atoms with van der Waals surface area (Å²) < 4.78 is 0. The van der Waals surface area contributed by atoms with Crippen LogP contribution < -0.4 is 5.32 Å². The summed E-state index contributed by atoms with van der Waals surface area (Å²) >= 11 is 3.63. The third kappa shape index (κ3) is 4.47. The second kappa shape index (κ2) is 7.10. The highest BCUT2D eigenvalue weighted by Crippen LogP contribution is 2.34. The molecule has 0 heterocycles. The minimum atomic E-state index is 0.0312. The van der Waals surface area contributed by atoms with Gasteiger partial charge in [0.15, 0.2) is 0 Å². The van der Waals surface area contributed by atoms with Crippen molar-refractivity contribution in [2.45, 2.75) is 76.7 Å². The number of rotatable bonds is 4. The van der Waals surface area contributed by atoms with Crippen molar-refractivity contribution in [3.63, 3.8) is 0 Å². The molecule has 0 saturated heterocycles. The van der Waals surface area contributed by atoms with Crippen LogP contribution in [-0.4, -0.2) is 16.8 Å². The van der Waals surface area contributed by atoms with E-state index in [0.29, 0.717) is 11.8 Å². The smallest absolute Gasteiger partial charge is 0.220 e. The number of carbonyl (C=O) groups is 1. The molecule has 0 aliphatic heterocycles. The molecule has 0 spiro atoms. The Balaban J connectivity index is 1.84. The molecule has 0 aromatic heterocycles. The van der Waals surface area contributed by atoms with Gasteiger partial charge in [-0.2, -0.15) is 0 Å². The average Bonchev–Trinajstić information content (AvgIpc) is 2.39. The molecular formula is C16H28BrNO. The number of alkyl halides is 1. The summed E-state index contributed by atoms with van der Waals surface area (Å²) in [5, 5.41) is 4.28. The number of hydrogen-bond donors (Lipinski definition) is 1.